The zero-order valence-electron chi connectivity index (χ0n) is 15.1. The molecule has 132 valence electrons. The Labute approximate surface area is 149 Å². The molecule has 2 heterocycles. The number of hydrogen-bond acceptors (Lipinski definition) is 5. The van der Waals surface area contributed by atoms with Crippen LogP contribution in [-0.2, 0) is 4.79 Å². The number of aryl methyl sites for hydroxylation is 1. The van der Waals surface area contributed by atoms with Crippen LogP contribution in [0.5, 0.6) is 0 Å². The van der Waals surface area contributed by atoms with Gasteiger partial charge < -0.3 is 14.7 Å². The van der Waals surface area contributed by atoms with Gasteiger partial charge in [-0.25, -0.2) is 4.98 Å². The molecule has 3 rings (SSSR count). The van der Waals surface area contributed by atoms with Crippen LogP contribution in [0.3, 0.4) is 0 Å². The highest BCUT2D eigenvalue weighted by Crippen LogP contribution is 2.24. The van der Waals surface area contributed by atoms with Crippen molar-refractivity contribution in [1.29, 1.82) is 0 Å². The summed E-state index contributed by atoms with van der Waals surface area (Å²) in [6, 6.07) is 10.3. The van der Waals surface area contributed by atoms with Crippen LogP contribution >= 0.6 is 0 Å². The van der Waals surface area contributed by atoms with E-state index in [1.54, 1.807) is 6.92 Å². The minimum Gasteiger partial charge on any atom is -0.353 e. The van der Waals surface area contributed by atoms with Crippen LogP contribution in [0.1, 0.15) is 19.4 Å². The Kier molecular flexibility index (Phi) is 5.16. The fourth-order valence-electron chi connectivity index (χ4n) is 3.13. The third-order valence-electron chi connectivity index (χ3n) is 4.55. The van der Waals surface area contributed by atoms with E-state index in [-0.39, 0.29) is 5.91 Å². The van der Waals surface area contributed by atoms with Gasteiger partial charge in [0.25, 0.3) is 0 Å². The standard InChI is InChI=1S/C19H25N5O/c1-4-24(17-7-5-6-15(2)14-17)19-20-9-8-18(21-19)23-12-10-22(11-13-23)16(3)25/h5-9,14H,4,10-13H2,1-3H3. The molecule has 0 unspecified atom stereocenters. The second-order valence-electron chi connectivity index (χ2n) is 6.29. The van der Waals surface area contributed by atoms with Crippen molar-refractivity contribution < 1.29 is 4.79 Å². The maximum absolute atomic E-state index is 11.5. The molecule has 0 radical (unpaired) electrons. The molecule has 25 heavy (non-hydrogen) atoms. The first kappa shape index (κ1) is 17.2. The second-order valence-corrected chi connectivity index (χ2v) is 6.29. The van der Waals surface area contributed by atoms with Crippen molar-refractivity contribution in [3.8, 4) is 0 Å². The molecule has 0 spiro atoms. The summed E-state index contributed by atoms with van der Waals surface area (Å²) in [5, 5.41) is 0. The normalized spacial score (nSPS) is 14.5. The Bertz CT molecular complexity index is 740. The molecule has 1 aromatic heterocycles. The van der Waals surface area contributed by atoms with E-state index in [9.17, 15) is 4.79 Å². The van der Waals surface area contributed by atoms with E-state index in [1.807, 2.05) is 17.2 Å². The van der Waals surface area contributed by atoms with Gasteiger partial charge in [0.1, 0.15) is 5.82 Å². The van der Waals surface area contributed by atoms with Gasteiger partial charge in [0.2, 0.25) is 11.9 Å². The van der Waals surface area contributed by atoms with Gasteiger partial charge in [-0.1, -0.05) is 12.1 Å². The number of carbonyl (C=O) groups is 1. The third kappa shape index (κ3) is 3.90. The molecule has 1 aliphatic heterocycles. The molecule has 1 aromatic carbocycles. The SMILES string of the molecule is CCN(c1cccc(C)c1)c1nccc(N2CCN(C(C)=O)CC2)n1. The average Bonchev–Trinajstić information content (AvgIpc) is 2.63. The van der Waals surface area contributed by atoms with Crippen LogP contribution in [0, 0.1) is 6.92 Å². The Morgan fingerprint density at radius 3 is 2.60 bits per heavy atom. The molecular weight excluding hydrogens is 314 g/mol. The Morgan fingerprint density at radius 1 is 1.20 bits per heavy atom. The van der Waals surface area contributed by atoms with E-state index in [0.29, 0.717) is 5.95 Å². The molecule has 6 nitrogen and oxygen atoms in total. The molecule has 0 N–H and O–H groups in total. The number of benzene rings is 1. The molecule has 1 aliphatic rings. The van der Waals surface area contributed by atoms with Crippen LogP contribution in [0.25, 0.3) is 0 Å². The summed E-state index contributed by atoms with van der Waals surface area (Å²) in [6.07, 6.45) is 1.81. The molecule has 6 heteroatoms. The van der Waals surface area contributed by atoms with Gasteiger partial charge in [-0.2, -0.15) is 4.98 Å². The first-order valence-corrected chi connectivity index (χ1v) is 8.76. The summed E-state index contributed by atoms with van der Waals surface area (Å²) in [5.74, 6) is 1.76. The Morgan fingerprint density at radius 2 is 1.96 bits per heavy atom. The monoisotopic (exact) mass is 339 g/mol. The summed E-state index contributed by atoms with van der Waals surface area (Å²) in [7, 11) is 0. The number of amides is 1. The number of hydrogen-bond donors (Lipinski definition) is 0. The van der Waals surface area contributed by atoms with Gasteiger partial charge in [-0.15, -0.1) is 0 Å². The molecule has 0 bridgehead atoms. The highest BCUT2D eigenvalue weighted by Gasteiger charge is 2.20. The zero-order chi connectivity index (χ0) is 17.8. The van der Waals surface area contributed by atoms with Crippen LogP contribution in [0.2, 0.25) is 0 Å². The molecule has 0 aliphatic carbocycles. The summed E-state index contributed by atoms with van der Waals surface area (Å²) < 4.78 is 0. The quantitative estimate of drug-likeness (QED) is 0.857. The van der Waals surface area contributed by atoms with Crippen LogP contribution in [0.15, 0.2) is 36.5 Å². The van der Waals surface area contributed by atoms with Gasteiger partial charge in [0.15, 0.2) is 0 Å². The van der Waals surface area contributed by atoms with Crippen LogP contribution < -0.4 is 9.80 Å². The lowest BCUT2D eigenvalue weighted by Gasteiger charge is -2.35. The van der Waals surface area contributed by atoms with E-state index in [1.165, 1.54) is 5.56 Å². The summed E-state index contributed by atoms with van der Waals surface area (Å²) in [6.45, 7) is 9.69. The molecule has 0 saturated carbocycles. The van der Waals surface area contributed by atoms with E-state index in [2.05, 4.69) is 52.9 Å². The molecule has 1 saturated heterocycles. The van der Waals surface area contributed by atoms with Crippen molar-refractivity contribution >= 4 is 23.4 Å². The Balaban J connectivity index is 1.80. The number of aromatic nitrogens is 2. The highest BCUT2D eigenvalue weighted by molar-refractivity contribution is 5.73. The second kappa shape index (κ2) is 7.51. The number of carbonyl (C=O) groups excluding carboxylic acids is 1. The van der Waals surface area contributed by atoms with Crippen molar-refractivity contribution in [1.82, 2.24) is 14.9 Å². The summed E-state index contributed by atoms with van der Waals surface area (Å²) in [4.78, 5) is 27.0. The maximum atomic E-state index is 11.5. The van der Waals surface area contributed by atoms with Crippen molar-refractivity contribution in [2.75, 3.05) is 42.5 Å². The molecule has 1 fully saturated rings. The van der Waals surface area contributed by atoms with Gasteiger partial charge in [-0.05, 0) is 37.6 Å². The lowest BCUT2D eigenvalue weighted by molar-refractivity contribution is -0.129. The third-order valence-corrected chi connectivity index (χ3v) is 4.55. The topological polar surface area (TPSA) is 52.6 Å². The lowest BCUT2D eigenvalue weighted by atomic mass is 10.2. The van der Waals surface area contributed by atoms with Crippen molar-refractivity contribution in [3.63, 3.8) is 0 Å². The van der Waals surface area contributed by atoms with Crippen LogP contribution in [-0.4, -0.2) is 53.5 Å². The van der Waals surface area contributed by atoms with Crippen LogP contribution in [0.4, 0.5) is 17.5 Å². The van der Waals surface area contributed by atoms with Crippen molar-refractivity contribution in [2.24, 2.45) is 0 Å². The smallest absolute Gasteiger partial charge is 0.231 e. The molecular formula is C19H25N5O. The number of anilines is 3. The fraction of sp³-hybridized carbons (Fsp3) is 0.421. The minimum absolute atomic E-state index is 0.139. The number of rotatable bonds is 4. The summed E-state index contributed by atoms with van der Waals surface area (Å²) in [5.41, 5.74) is 2.31. The van der Waals surface area contributed by atoms with E-state index >= 15 is 0 Å². The van der Waals surface area contributed by atoms with Gasteiger partial charge >= 0.3 is 0 Å². The minimum atomic E-state index is 0.139. The first-order valence-electron chi connectivity index (χ1n) is 8.76. The number of piperazine rings is 1. The zero-order valence-corrected chi connectivity index (χ0v) is 15.1. The lowest BCUT2D eigenvalue weighted by Crippen LogP contribution is -2.48. The van der Waals surface area contributed by atoms with E-state index in [4.69, 9.17) is 4.98 Å². The van der Waals surface area contributed by atoms with Gasteiger partial charge in [0, 0.05) is 51.5 Å². The van der Waals surface area contributed by atoms with Gasteiger partial charge in [-0.3, -0.25) is 4.79 Å². The van der Waals surface area contributed by atoms with E-state index < -0.39 is 0 Å². The fourth-order valence-corrected chi connectivity index (χ4v) is 3.13. The Hall–Kier alpha value is -2.63. The van der Waals surface area contributed by atoms with Gasteiger partial charge in [0.05, 0.1) is 0 Å². The molecule has 1 amide bonds. The predicted octanol–water partition coefficient (Wildman–Crippen LogP) is 2.61. The van der Waals surface area contributed by atoms with E-state index in [0.717, 1.165) is 44.2 Å². The predicted molar refractivity (Wildman–Crippen MR) is 100 cm³/mol. The molecule has 2 aromatic rings. The highest BCUT2D eigenvalue weighted by atomic mass is 16.2. The average molecular weight is 339 g/mol. The maximum Gasteiger partial charge on any atom is 0.231 e. The largest absolute Gasteiger partial charge is 0.353 e. The number of nitrogens with zero attached hydrogens (tertiary/aromatic N) is 5. The van der Waals surface area contributed by atoms with Crippen molar-refractivity contribution in [3.05, 3.63) is 42.1 Å². The first-order chi connectivity index (χ1) is 12.1. The molecule has 0 atom stereocenters. The van der Waals surface area contributed by atoms with Crippen molar-refractivity contribution in [2.45, 2.75) is 20.8 Å². The summed E-state index contributed by atoms with van der Waals surface area (Å²) >= 11 is 0.